The maximum absolute atomic E-state index is 5.51. The van der Waals surface area contributed by atoms with Gasteiger partial charge in [0.2, 0.25) is 0 Å². The average Bonchev–Trinajstić information content (AvgIpc) is 3.08. The second-order valence-electron chi connectivity index (χ2n) is 5.01. The summed E-state index contributed by atoms with van der Waals surface area (Å²) < 4.78 is 3.89. The van der Waals surface area contributed by atoms with Crippen LogP contribution in [0.1, 0.15) is 38.1 Å². The van der Waals surface area contributed by atoms with Gasteiger partial charge in [0.05, 0.1) is 12.7 Å². The standard InChI is InChI=1S/C12H19N7/c13-6-7-18-8-11(15-17-18)12-16-14-9-19(12)10-4-2-1-3-5-10/h8-10H,1-7,13H2. The zero-order valence-corrected chi connectivity index (χ0v) is 10.9. The zero-order chi connectivity index (χ0) is 13.1. The Morgan fingerprint density at radius 2 is 2.05 bits per heavy atom. The number of aromatic nitrogens is 6. The van der Waals surface area contributed by atoms with Crippen molar-refractivity contribution in [1.29, 1.82) is 0 Å². The van der Waals surface area contributed by atoms with Gasteiger partial charge < -0.3 is 10.3 Å². The van der Waals surface area contributed by atoms with Crippen molar-refractivity contribution in [2.24, 2.45) is 5.73 Å². The quantitative estimate of drug-likeness (QED) is 0.887. The van der Waals surface area contributed by atoms with Crippen LogP contribution >= 0.6 is 0 Å². The van der Waals surface area contributed by atoms with E-state index in [2.05, 4.69) is 25.1 Å². The van der Waals surface area contributed by atoms with Crippen molar-refractivity contribution < 1.29 is 0 Å². The molecule has 0 aromatic carbocycles. The van der Waals surface area contributed by atoms with Crippen LogP contribution in [0.3, 0.4) is 0 Å². The molecule has 2 aromatic heterocycles. The van der Waals surface area contributed by atoms with Crippen molar-refractivity contribution in [3.63, 3.8) is 0 Å². The molecule has 3 rings (SSSR count). The molecule has 0 aliphatic heterocycles. The van der Waals surface area contributed by atoms with Gasteiger partial charge in [0.15, 0.2) is 11.5 Å². The highest BCUT2D eigenvalue weighted by molar-refractivity contribution is 5.46. The first kappa shape index (κ1) is 12.3. The monoisotopic (exact) mass is 261 g/mol. The lowest BCUT2D eigenvalue weighted by molar-refractivity contribution is 0.354. The van der Waals surface area contributed by atoms with Gasteiger partial charge in [-0.2, -0.15) is 0 Å². The Balaban J connectivity index is 1.85. The molecule has 0 radical (unpaired) electrons. The van der Waals surface area contributed by atoms with Crippen molar-refractivity contribution >= 4 is 0 Å². The maximum atomic E-state index is 5.51. The van der Waals surface area contributed by atoms with Crippen LogP contribution in [-0.4, -0.2) is 36.3 Å². The van der Waals surface area contributed by atoms with E-state index in [1.165, 1.54) is 32.1 Å². The van der Waals surface area contributed by atoms with Crippen LogP contribution in [0.4, 0.5) is 0 Å². The largest absolute Gasteiger partial charge is 0.329 e. The summed E-state index contributed by atoms with van der Waals surface area (Å²) >= 11 is 0. The fourth-order valence-corrected chi connectivity index (χ4v) is 2.69. The van der Waals surface area contributed by atoms with E-state index in [9.17, 15) is 0 Å². The summed E-state index contributed by atoms with van der Waals surface area (Å²) in [6, 6.07) is 0.499. The van der Waals surface area contributed by atoms with E-state index in [1.54, 1.807) is 4.68 Å². The van der Waals surface area contributed by atoms with E-state index in [4.69, 9.17) is 5.73 Å². The van der Waals surface area contributed by atoms with Gasteiger partial charge in [-0.1, -0.05) is 24.5 Å². The second-order valence-corrected chi connectivity index (χ2v) is 5.01. The van der Waals surface area contributed by atoms with Crippen molar-refractivity contribution in [3.8, 4) is 11.5 Å². The topological polar surface area (TPSA) is 87.4 Å². The molecular formula is C12H19N7. The minimum absolute atomic E-state index is 0.499. The molecule has 1 aliphatic rings. The molecule has 1 fully saturated rings. The van der Waals surface area contributed by atoms with Gasteiger partial charge in [-0.25, -0.2) is 0 Å². The summed E-state index contributed by atoms with van der Waals surface area (Å²) in [5.74, 6) is 0.815. The molecule has 0 bridgehead atoms. The van der Waals surface area contributed by atoms with E-state index < -0.39 is 0 Å². The van der Waals surface area contributed by atoms with Crippen LogP contribution in [0, 0.1) is 0 Å². The molecule has 7 nitrogen and oxygen atoms in total. The third kappa shape index (κ3) is 2.51. The summed E-state index contributed by atoms with van der Waals surface area (Å²) in [6.45, 7) is 1.22. The lowest BCUT2D eigenvalue weighted by Gasteiger charge is -2.23. The predicted molar refractivity (Wildman–Crippen MR) is 70.2 cm³/mol. The smallest absolute Gasteiger partial charge is 0.186 e. The SMILES string of the molecule is NCCn1cc(-c2nncn2C2CCCCC2)nn1. The highest BCUT2D eigenvalue weighted by Gasteiger charge is 2.20. The van der Waals surface area contributed by atoms with Gasteiger partial charge in [-0.15, -0.1) is 15.3 Å². The lowest BCUT2D eigenvalue weighted by Crippen LogP contribution is -2.13. The number of hydrogen-bond acceptors (Lipinski definition) is 5. The molecule has 102 valence electrons. The molecule has 0 atom stereocenters. The fourth-order valence-electron chi connectivity index (χ4n) is 2.69. The Kier molecular flexibility index (Phi) is 3.54. The fraction of sp³-hybridized carbons (Fsp3) is 0.667. The Morgan fingerprint density at radius 3 is 2.84 bits per heavy atom. The number of nitrogens with zero attached hydrogens (tertiary/aromatic N) is 6. The molecule has 1 saturated carbocycles. The molecule has 2 heterocycles. The summed E-state index contributed by atoms with van der Waals surface area (Å²) in [6.07, 6.45) is 9.98. The van der Waals surface area contributed by atoms with Gasteiger partial charge in [-0.3, -0.25) is 4.68 Å². The first-order chi connectivity index (χ1) is 9.38. The maximum Gasteiger partial charge on any atom is 0.186 e. The normalized spacial score (nSPS) is 16.9. The molecule has 0 saturated heterocycles. The lowest BCUT2D eigenvalue weighted by atomic mass is 9.95. The van der Waals surface area contributed by atoms with Crippen LogP contribution in [0.25, 0.3) is 11.5 Å². The van der Waals surface area contributed by atoms with E-state index in [1.807, 2.05) is 12.5 Å². The highest BCUT2D eigenvalue weighted by Crippen LogP contribution is 2.30. The van der Waals surface area contributed by atoms with E-state index in [-0.39, 0.29) is 0 Å². The van der Waals surface area contributed by atoms with Crippen LogP contribution in [-0.2, 0) is 6.54 Å². The minimum Gasteiger partial charge on any atom is -0.329 e. The summed E-state index contributed by atoms with van der Waals surface area (Å²) in [5, 5.41) is 16.5. The first-order valence-corrected chi connectivity index (χ1v) is 6.88. The third-order valence-corrected chi connectivity index (χ3v) is 3.67. The Labute approximate surface area is 111 Å². The number of nitrogens with two attached hydrogens (primary N) is 1. The van der Waals surface area contributed by atoms with E-state index in [0.29, 0.717) is 19.1 Å². The first-order valence-electron chi connectivity index (χ1n) is 6.88. The Hall–Kier alpha value is -1.76. The van der Waals surface area contributed by atoms with Crippen molar-refractivity contribution in [2.45, 2.75) is 44.7 Å². The third-order valence-electron chi connectivity index (χ3n) is 3.67. The summed E-state index contributed by atoms with van der Waals surface area (Å²) in [4.78, 5) is 0. The molecule has 7 heteroatoms. The van der Waals surface area contributed by atoms with Gasteiger partial charge in [0.1, 0.15) is 6.33 Å². The Morgan fingerprint density at radius 1 is 1.21 bits per heavy atom. The molecule has 0 unspecified atom stereocenters. The highest BCUT2D eigenvalue weighted by atomic mass is 15.4. The van der Waals surface area contributed by atoms with Crippen LogP contribution < -0.4 is 5.73 Å². The Bertz CT molecular complexity index is 524. The molecular weight excluding hydrogens is 242 g/mol. The van der Waals surface area contributed by atoms with Crippen molar-refractivity contribution in [3.05, 3.63) is 12.5 Å². The molecule has 2 N–H and O–H groups in total. The van der Waals surface area contributed by atoms with Crippen LogP contribution in [0.15, 0.2) is 12.5 Å². The zero-order valence-electron chi connectivity index (χ0n) is 10.9. The molecule has 0 spiro atoms. The van der Waals surface area contributed by atoms with Crippen molar-refractivity contribution in [2.75, 3.05) is 6.54 Å². The number of hydrogen-bond donors (Lipinski definition) is 1. The van der Waals surface area contributed by atoms with E-state index in [0.717, 1.165) is 11.5 Å². The van der Waals surface area contributed by atoms with Crippen molar-refractivity contribution in [1.82, 2.24) is 29.8 Å². The van der Waals surface area contributed by atoms with Gasteiger partial charge >= 0.3 is 0 Å². The van der Waals surface area contributed by atoms with Crippen LogP contribution in [0.5, 0.6) is 0 Å². The van der Waals surface area contributed by atoms with Crippen LogP contribution in [0.2, 0.25) is 0 Å². The molecule has 19 heavy (non-hydrogen) atoms. The minimum atomic E-state index is 0.499. The molecule has 0 amide bonds. The van der Waals surface area contributed by atoms with E-state index >= 15 is 0 Å². The van der Waals surface area contributed by atoms with Gasteiger partial charge in [-0.05, 0) is 12.8 Å². The average molecular weight is 261 g/mol. The predicted octanol–water partition coefficient (Wildman–Crippen LogP) is 1.00. The second kappa shape index (κ2) is 5.48. The molecule has 2 aromatic rings. The van der Waals surface area contributed by atoms with Gasteiger partial charge in [0.25, 0.3) is 0 Å². The molecule has 1 aliphatic carbocycles. The summed E-state index contributed by atoms with van der Waals surface area (Å²) in [5.41, 5.74) is 6.29. The number of rotatable bonds is 4. The summed E-state index contributed by atoms with van der Waals surface area (Å²) in [7, 11) is 0. The van der Waals surface area contributed by atoms with Gasteiger partial charge in [0, 0.05) is 12.6 Å².